The van der Waals surface area contributed by atoms with Crippen molar-refractivity contribution in [3.8, 4) is 6.07 Å². The first kappa shape index (κ1) is 23.1. The normalized spacial score (nSPS) is 27.2. The second-order valence-electron chi connectivity index (χ2n) is 9.83. The van der Waals surface area contributed by atoms with Gasteiger partial charge in [-0.15, -0.1) is 0 Å². The zero-order valence-corrected chi connectivity index (χ0v) is 18.9. The van der Waals surface area contributed by atoms with Crippen LogP contribution in [0.1, 0.15) is 114 Å². The van der Waals surface area contributed by atoms with Crippen molar-refractivity contribution in [1.29, 1.82) is 5.26 Å². The van der Waals surface area contributed by atoms with Crippen LogP contribution in [0.15, 0.2) is 30.4 Å². The van der Waals surface area contributed by atoms with Gasteiger partial charge in [0.2, 0.25) is 0 Å². The number of allylic oxidation sites excluding steroid dienone is 2. The van der Waals surface area contributed by atoms with E-state index in [1.807, 2.05) is 12.1 Å². The maximum absolute atomic E-state index is 13.9. The van der Waals surface area contributed by atoms with Gasteiger partial charge >= 0.3 is 0 Å². The average Bonchev–Trinajstić information content (AvgIpc) is 2.78. The number of benzene rings is 1. The summed E-state index contributed by atoms with van der Waals surface area (Å²) in [4.78, 5) is 0. The molecule has 0 aliphatic heterocycles. The quantitative estimate of drug-likeness (QED) is 0.295. The van der Waals surface area contributed by atoms with Crippen molar-refractivity contribution in [1.82, 2.24) is 0 Å². The molecule has 2 aliphatic carbocycles. The number of halogens is 1. The third-order valence-corrected chi connectivity index (χ3v) is 7.62. The standard InChI is InChI=1S/C28H40FN/c1-2-3-4-5-6-7-22-8-10-23(11-9-22)12-13-24-14-16-25(17-15-24)26-18-19-27(21-30)28(29)20-26/h12-13,18-20,22-25H,2-11,14-17H2,1H3. The highest BCUT2D eigenvalue weighted by molar-refractivity contribution is 5.35. The molecule has 2 heteroatoms. The van der Waals surface area contributed by atoms with Crippen LogP contribution in [-0.4, -0.2) is 0 Å². The van der Waals surface area contributed by atoms with Gasteiger partial charge in [0.15, 0.2) is 0 Å². The minimum atomic E-state index is -0.367. The molecule has 2 aliphatic rings. The van der Waals surface area contributed by atoms with Crippen molar-refractivity contribution in [3.63, 3.8) is 0 Å². The predicted octanol–water partition coefficient (Wildman–Crippen LogP) is 8.69. The summed E-state index contributed by atoms with van der Waals surface area (Å²) < 4.78 is 13.9. The first-order valence-corrected chi connectivity index (χ1v) is 12.6. The Morgan fingerprint density at radius 3 is 2.13 bits per heavy atom. The number of hydrogen-bond donors (Lipinski definition) is 0. The number of nitrogens with zero attached hydrogens (tertiary/aromatic N) is 1. The van der Waals surface area contributed by atoms with E-state index in [9.17, 15) is 4.39 Å². The van der Waals surface area contributed by atoms with Crippen LogP contribution in [0.25, 0.3) is 0 Å². The maximum Gasteiger partial charge on any atom is 0.141 e. The molecule has 0 unspecified atom stereocenters. The Balaban J connectivity index is 1.34. The van der Waals surface area contributed by atoms with Gasteiger partial charge in [0.25, 0.3) is 0 Å². The first-order valence-electron chi connectivity index (χ1n) is 12.6. The molecule has 2 fully saturated rings. The Hall–Kier alpha value is -1.62. The van der Waals surface area contributed by atoms with Crippen LogP contribution in [-0.2, 0) is 0 Å². The topological polar surface area (TPSA) is 23.8 Å². The van der Waals surface area contributed by atoms with Crippen molar-refractivity contribution >= 4 is 0 Å². The summed E-state index contributed by atoms with van der Waals surface area (Å²) in [6.45, 7) is 2.29. The molecule has 0 aromatic heterocycles. The van der Waals surface area contributed by atoms with Gasteiger partial charge in [-0.25, -0.2) is 4.39 Å². The largest absolute Gasteiger partial charge is 0.206 e. The summed E-state index contributed by atoms with van der Waals surface area (Å²) in [6.07, 6.45) is 23.8. The molecule has 1 aromatic carbocycles. The van der Waals surface area contributed by atoms with Gasteiger partial charge in [-0.05, 0) is 92.7 Å². The van der Waals surface area contributed by atoms with Crippen LogP contribution in [0.3, 0.4) is 0 Å². The summed E-state index contributed by atoms with van der Waals surface area (Å²) in [5.74, 6) is 2.56. The second kappa shape index (κ2) is 12.3. The van der Waals surface area contributed by atoms with Gasteiger partial charge in [-0.3, -0.25) is 0 Å². The first-order chi connectivity index (χ1) is 14.7. The highest BCUT2D eigenvalue weighted by Gasteiger charge is 2.23. The van der Waals surface area contributed by atoms with E-state index in [2.05, 4.69) is 19.1 Å². The van der Waals surface area contributed by atoms with Gasteiger partial charge in [0.1, 0.15) is 11.9 Å². The Morgan fingerprint density at radius 2 is 1.53 bits per heavy atom. The summed E-state index contributed by atoms with van der Waals surface area (Å²) in [7, 11) is 0. The zero-order valence-electron chi connectivity index (χ0n) is 18.9. The molecule has 3 rings (SSSR count). The van der Waals surface area contributed by atoms with Crippen LogP contribution >= 0.6 is 0 Å². The lowest BCUT2D eigenvalue weighted by Gasteiger charge is -2.29. The van der Waals surface area contributed by atoms with E-state index in [-0.39, 0.29) is 11.4 Å². The minimum Gasteiger partial charge on any atom is -0.206 e. The smallest absolute Gasteiger partial charge is 0.141 e. The summed E-state index contributed by atoms with van der Waals surface area (Å²) in [6, 6.07) is 7.09. The lowest BCUT2D eigenvalue weighted by Crippen LogP contribution is -2.15. The van der Waals surface area contributed by atoms with E-state index in [4.69, 9.17) is 5.26 Å². The van der Waals surface area contributed by atoms with Crippen molar-refractivity contribution in [2.75, 3.05) is 0 Å². The van der Waals surface area contributed by atoms with Crippen LogP contribution in [0.5, 0.6) is 0 Å². The molecule has 0 saturated heterocycles. The van der Waals surface area contributed by atoms with Crippen molar-refractivity contribution in [3.05, 3.63) is 47.3 Å². The minimum absolute atomic E-state index is 0.154. The fraction of sp³-hybridized carbons (Fsp3) is 0.679. The van der Waals surface area contributed by atoms with Gasteiger partial charge < -0.3 is 0 Å². The average molecular weight is 410 g/mol. The summed E-state index contributed by atoms with van der Waals surface area (Å²) in [5, 5.41) is 8.90. The lowest BCUT2D eigenvalue weighted by molar-refractivity contribution is 0.287. The predicted molar refractivity (Wildman–Crippen MR) is 124 cm³/mol. The molecule has 1 aromatic rings. The lowest BCUT2D eigenvalue weighted by atomic mass is 9.76. The van der Waals surface area contributed by atoms with E-state index in [1.165, 1.54) is 77.0 Å². The number of rotatable bonds is 9. The maximum atomic E-state index is 13.9. The van der Waals surface area contributed by atoms with E-state index in [0.717, 1.165) is 30.2 Å². The Morgan fingerprint density at radius 1 is 0.900 bits per heavy atom. The molecule has 30 heavy (non-hydrogen) atoms. The fourth-order valence-electron chi connectivity index (χ4n) is 5.54. The zero-order chi connectivity index (χ0) is 21.2. The highest BCUT2D eigenvalue weighted by atomic mass is 19.1. The fourth-order valence-corrected chi connectivity index (χ4v) is 5.54. The van der Waals surface area contributed by atoms with Gasteiger partial charge in [-0.2, -0.15) is 5.26 Å². The van der Waals surface area contributed by atoms with Crippen molar-refractivity contribution in [2.45, 2.75) is 103 Å². The second-order valence-corrected chi connectivity index (χ2v) is 9.83. The van der Waals surface area contributed by atoms with Gasteiger partial charge in [-0.1, -0.05) is 63.7 Å². The third kappa shape index (κ3) is 6.97. The summed E-state index contributed by atoms with van der Waals surface area (Å²) >= 11 is 0. The Labute approximate surface area is 183 Å². The molecule has 2 saturated carbocycles. The molecule has 0 heterocycles. The Bertz CT molecular complexity index is 700. The van der Waals surface area contributed by atoms with Crippen LogP contribution in [0, 0.1) is 34.9 Å². The number of hydrogen-bond acceptors (Lipinski definition) is 1. The van der Waals surface area contributed by atoms with Crippen molar-refractivity contribution < 1.29 is 4.39 Å². The van der Waals surface area contributed by atoms with Gasteiger partial charge in [0.05, 0.1) is 5.56 Å². The molecule has 0 spiro atoms. The number of nitriles is 1. The van der Waals surface area contributed by atoms with Crippen molar-refractivity contribution in [2.24, 2.45) is 17.8 Å². The molecule has 1 nitrogen and oxygen atoms in total. The van der Waals surface area contributed by atoms with Gasteiger partial charge in [0, 0.05) is 0 Å². The third-order valence-electron chi connectivity index (χ3n) is 7.62. The molecule has 164 valence electrons. The van der Waals surface area contributed by atoms with Crippen LogP contribution in [0.4, 0.5) is 4.39 Å². The van der Waals surface area contributed by atoms with Crippen LogP contribution < -0.4 is 0 Å². The van der Waals surface area contributed by atoms with E-state index < -0.39 is 0 Å². The molecular weight excluding hydrogens is 369 g/mol. The molecule has 0 N–H and O–H groups in total. The SMILES string of the molecule is CCCCCCCC1CCC(C=CC2CCC(c3ccc(C#N)c(F)c3)CC2)CC1. The van der Waals surface area contributed by atoms with Crippen LogP contribution in [0.2, 0.25) is 0 Å². The molecule has 0 atom stereocenters. The molecular formula is C28H40FN. The Kier molecular flexibility index (Phi) is 9.44. The molecule has 0 radical (unpaired) electrons. The molecule has 0 amide bonds. The highest BCUT2D eigenvalue weighted by Crippen LogP contribution is 2.38. The monoisotopic (exact) mass is 409 g/mol. The number of unbranched alkanes of at least 4 members (excludes halogenated alkanes) is 4. The van der Waals surface area contributed by atoms with E-state index in [1.54, 1.807) is 12.1 Å². The summed E-state index contributed by atoms with van der Waals surface area (Å²) in [5.41, 5.74) is 1.23. The molecule has 0 bridgehead atoms. The van der Waals surface area contributed by atoms with E-state index >= 15 is 0 Å². The van der Waals surface area contributed by atoms with E-state index in [0.29, 0.717) is 11.8 Å².